The summed E-state index contributed by atoms with van der Waals surface area (Å²) in [4.78, 5) is 40.4. The SMILES string of the molecule is O=C1NC(=O)N(c2ccc(C34CC5CC(CC(C5)C3)C4)cc2)C(=O)/C1=C/c1cc(Br)c(OCc2ccc(Cl)cc2Cl)c(Br)c1. The fourth-order valence-corrected chi connectivity index (χ4v) is 9.99. The highest BCUT2D eigenvalue weighted by Gasteiger charge is 2.51. The number of imide groups is 2. The Kier molecular flexibility index (Phi) is 7.93. The van der Waals surface area contributed by atoms with Gasteiger partial charge < -0.3 is 4.74 Å². The molecule has 0 radical (unpaired) electrons. The van der Waals surface area contributed by atoms with Crippen LogP contribution in [-0.4, -0.2) is 17.8 Å². The fraction of sp³-hybridized carbons (Fsp3) is 0.324. The van der Waals surface area contributed by atoms with Crippen LogP contribution in [0.2, 0.25) is 10.0 Å². The van der Waals surface area contributed by atoms with Gasteiger partial charge in [0.2, 0.25) is 0 Å². The molecule has 1 heterocycles. The Morgan fingerprint density at radius 3 is 2.09 bits per heavy atom. The number of amides is 4. The van der Waals surface area contributed by atoms with Crippen molar-refractivity contribution in [3.05, 3.63) is 95.9 Å². The second kappa shape index (κ2) is 11.6. The molecule has 44 heavy (non-hydrogen) atoms. The third-order valence-electron chi connectivity index (χ3n) is 9.60. The Morgan fingerprint density at radius 2 is 1.50 bits per heavy atom. The maximum atomic E-state index is 13.6. The van der Waals surface area contributed by atoms with Crippen LogP contribution in [0.5, 0.6) is 5.75 Å². The van der Waals surface area contributed by atoms with E-state index in [0.29, 0.717) is 36.0 Å². The van der Waals surface area contributed by atoms with Gasteiger partial charge in [0, 0.05) is 15.6 Å². The summed E-state index contributed by atoms with van der Waals surface area (Å²) < 4.78 is 7.19. The van der Waals surface area contributed by atoms with Crippen LogP contribution in [0.15, 0.2) is 69.1 Å². The van der Waals surface area contributed by atoms with E-state index in [4.69, 9.17) is 27.9 Å². The lowest BCUT2D eigenvalue weighted by Gasteiger charge is -2.57. The predicted octanol–water partition coefficient (Wildman–Crippen LogP) is 9.23. The second-order valence-corrected chi connectivity index (χ2v) is 15.1. The van der Waals surface area contributed by atoms with E-state index in [1.54, 1.807) is 30.3 Å². The van der Waals surface area contributed by atoms with Crippen LogP contribution in [0.3, 0.4) is 0 Å². The summed E-state index contributed by atoms with van der Waals surface area (Å²) in [6.07, 6.45) is 9.25. The highest BCUT2D eigenvalue weighted by atomic mass is 79.9. The summed E-state index contributed by atoms with van der Waals surface area (Å²) in [5, 5.41) is 3.36. The van der Waals surface area contributed by atoms with Crippen LogP contribution < -0.4 is 15.0 Å². The predicted molar refractivity (Wildman–Crippen MR) is 178 cm³/mol. The number of nitrogens with zero attached hydrogens (tertiary/aromatic N) is 1. The van der Waals surface area contributed by atoms with E-state index in [1.807, 2.05) is 12.1 Å². The van der Waals surface area contributed by atoms with E-state index in [-0.39, 0.29) is 17.6 Å². The molecule has 5 fully saturated rings. The van der Waals surface area contributed by atoms with Gasteiger partial charge in [-0.05, 0) is 147 Å². The van der Waals surface area contributed by atoms with Gasteiger partial charge in [-0.1, -0.05) is 41.4 Å². The minimum atomic E-state index is -0.758. The van der Waals surface area contributed by atoms with Crippen molar-refractivity contribution in [1.29, 1.82) is 0 Å². The van der Waals surface area contributed by atoms with Crippen molar-refractivity contribution >= 4 is 84.7 Å². The molecule has 4 bridgehead atoms. The van der Waals surface area contributed by atoms with Gasteiger partial charge in [-0.2, -0.15) is 0 Å². The molecule has 6 nitrogen and oxygen atoms in total. The van der Waals surface area contributed by atoms with Gasteiger partial charge in [0.15, 0.2) is 0 Å². The van der Waals surface area contributed by atoms with E-state index in [0.717, 1.165) is 28.2 Å². The van der Waals surface area contributed by atoms with Gasteiger partial charge >= 0.3 is 6.03 Å². The van der Waals surface area contributed by atoms with Crippen molar-refractivity contribution in [3.8, 4) is 5.75 Å². The van der Waals surface area contributed by atoms with Crippen molar-refractivity contribution < 1.29 is 19.1 Å². The van der Waals surface area contributed by atoms with E-state index < -0.39 is 17.8 Å². The zero-order valence-electron chi connectivity index (χ0n) is 23.5. The summed E-state index contributed by atoms with van der Waals surface area (Å²) in [7, 11) is 0. The van der Waals surface area contributed by atoms with E-state index in [9.17, 15) is 14.4 Å². The number of nitrogens with one attached hydrogen (secondary N) is 1. The van der Waals surface area contributed by atoms with Crippen LogP contribution in [0.25, 0.3) is 6.08 Å². The lowest BCUT2D eigenvalue weighted by Crippen LogP contribution is -2.54. The smallest absolute Gasteiger partial charge is 0.335 e. The molecule has 226 valence electrons. The first-order valence-corrected chi connectivity index (χ1v) is 17.0. The quantitative estimate of drug-likeness (QED) is 0.201. The maximum absolute atomic E-state index is 13.6. The van der Waals surface area contributed by atoms with Crippen LogP contribution in [0, 0.1) is 17.8 Å². The third kappa shape index (κ3) is 5.52. The molecule has 5 aliphatic rings. The molecular weight excluding hydrogens is 731 g/mol. The molecule has 3 aromatic carbocycles. The Morgan fingerprint density at radius 1 is 0.886 bits per heavy atom. The van der Waals surface area contributed by atoms with E-state index >= 15 is 0 Å². The summed E-state index contributed by atoms with van der Waals surface area (Å²) in [5.41, 5.74) is 3.13. The number of ether oxygens (including phenoxy) is 1. The van der Waals surface area contributed by atoms with Gasteiger partial charge in [0.1, 0.15) is 17.9 Å². The Labute approximate surface area is 282 Å². The van der Waals surface area contributed by atoms with Gasteiger partial charge in [0.25, 0.3) is 11.8 Å². The van der Waals surface area contributed by atoms with Crippen LogP contribution >= 0.6 is 55.1 Å². The Hall–Kier alpha value is -2.65. The van der Waals surface area contributed by atoms with Crippen molar-refractivity contribution in [3.63, 3.8) is 0 Å². The molecule has 0 unspecified atom stereocenters. The van der Waals surface area contributed by atoms with Crippen molar-refractivity contribution in [2.75, 3.05) is 4.90 Å². The molecule has 4 amide bonds. The van der Waals surface area contributed by atoms with Crippen molar-refractivity contribution in [2.24, 2.45) is 17.8 Å². The number of hydrogen-bond donors (Lipinski definition) is 1. The number of carbonyl (C=O) groups excluding carboxylic acids is 3. The largest absolute Gasteiger partial charge is 0.486 e. The van der Waals surface area contributed by atoms with Gasteiger partial charge in [-0.15, -0.1) is 0 Å². The van der Waals surface area contributed by atoms with Crippen LogP contribution in [0.4, 0.5) is 10.5 Å². The summed E-state index contributed by atoms with van der Waals surface area (Å²) in [6.45, 7) is 0.202. The molecule has 1 N–H and O–H groups in total. The molecule has 3 aromatic rings. The first-order valence-electron chi connectivity index (χ1n) is 14.7. The van der Waals surface area contributed by atoms with E-state index in [2.05, 4.69) is 49.3 Å². The van der Waals surface area contributed by atoms with Gasteiger partial charge in [0.05, 0.1) is 14.6 Å². The number of carbonyl (C=O) groups is 3. The summed E-state index contributed by atoms with van der Waals surface area (Å²) in [5.74, 6) is 1.55. The molecule has 0 aromatic heterocycles. The fourth-order valence-electron chi connectivity index (χ4n) is 8.08. The zero-order chi connectivity index (χ0) is 30.7. The average molecular weight is 759 g/mol. The molecule has 8 rings (SSSR count). The van der Waals surface area contributed by atoms with Crippen molar-refractivity contribution in [2.45, 2.75) is 50.5 Å². The number of hydrogen-bond acceptors (Lipinski definition) is 4. The summed E-state index contributed by atoms with van der Waals surface area (Å²) in [6, 6.07) is 15.7. The average Bonchev–Trinajstić information content (AvgIpc) is 2.95. The molecule has 4 saturated carbocycles. The molecule has 4 aliphatic carbocycles. The lowest BCUT2D eigenvalue weighted by molar-refractivity contribution is -0.122. The minimum Gasteiger partial charge on any atom is -0.486 e. The topological polar surface area (TPSA) is 75.7 Å². The first kappa shape index (κ1) is 30.0. The molecule has 1 saturated heterocycles. The highest BCUT2D eigenvalue weighted by Crippen LogP contribution is 2.60. The van der Waals surface area contributed by atoms with Gasteiger partial charge in [-0.25, -0.2) is 9.69 Å². The minimum absolute atomic E-state index is 0.143. The lowest BCUT2D eigenvalue weighted by atomic mass is 9.48. The van der Waals surface area contributed by atoms with Crippen molar-refractivity contribution in [1.82, 2.24) is 5.32 Å². The highest BCUT2D eigenvalue weighted by molar-refractivity contribution is 9.11. The molecule has 10 heteroatoms. The second-order valence-electron chi connectivity index (χ2n) is 12.5. The number of benzene rings is 3. The summed E-state index contributed by atoms with van der Waals surface area (Å²) >= 11 is 19.3. The normalized spacial score (nSPS) is 26.8. The third-order valence-corrected chi connectivity index (χ3v) is 11.4. The molecule has 0 atom stereocenters. The number of barbiturate groups is 1. The number of halogens is 4. The standard InChI is InChI=1S/C34H28Br2Cl2N2O4/c35-27-11-18(12-28(36)30(27)44-17-22-1-4-24(37)13-29(22)38)10-26-31(41)39-33(43)40(32(26)42)25-5-2-23(3-6-25)34-14-19-7-20(15-34)9-21(8-19)16-34/h1-6,10-13,19-21H,7-9,14-17H2,(H,39,41,43)/b26-10+. The molecule has 0 spiro atoms. The number of rotatable bonds is 6. The van der Waals surface area contributed by atoms with Crippen LogP contribution in [0.1, 0.15) is 55.2 Å². The molecular formula is C34H28Br2Cl2N2O4. The first-order chi connectivity index (χ1) is 21.1. The molecule has 1 aliphatic heterocycles. The maximum Gasteiger partial charge on any atom is 0.335 e. The van der Waals surface area contributed by atoms with Crippen LogP contribution in [-0.2, 0) is 21.6 Å². The number of anilines is 1. The Balaban J connectivity index is 1.11. The Bertz CT molecular complexity index is 1680. The number of urea groups is 1. The zero-order valence-corrected chi connectivity index (χ0v) is 28.2. The van der Waals surface area contributed by atoms with Gasteiger partial charge in [-0.3, -0.25) is 14.9 Å². The monoisotopic (exact) mass is 756 g/mol. The van der Waals surface area contributed by atoms with E-state index in [1.165, 1.54) is 50.2 Å².